The maximum Gasteiger partial charge on any atom is 0.338 e. The maximum atomic E-state index is 13.6. The summed E-state index contributed by atoms with van der Waals surface area (Å²) in [6, 6.07) is 6.55. The van der Waals surface area contributed by atoms with Crippen molar-refractivity contribution in [3.05, 3.63) is 59.2 Å². The van der Waals surface area contributed by atoms with Crippen molar-refractivity contribution in [3.8, 4) is 0 Å². The third kappa shape index (κ3) is 6.33. The van der Waals surface area contributed by atoms with Crippen LogP contribution >= 0.6 is 0 Å². The molecule has 2 rings (SSSR count). The van der Waals surface area contributed by atoms with Gasteiger partial charge in [-0.3, -0.25) is 4.79 Å². The number of benzene rings is 2. The Morgan fingerprint density at radius 1 is 1.07 bits per heavy atom. The summed E-state index contributed by atoms with van der Waals surface area (Å²) in [5.74, 6) is -3.54. The SMILES string of the molecule is Cc1ccc(S(=O)(=O)NC(C)(C)C)cc1C(=O)OCC(=O)Nc1ccc(F)cc1F. The molecule has 0 aliphatic rings. The zero-order valence-corrected chi connectivity index (χ0v) is 17.7. The van der Waals surface area contributed by atoms with Gasteiger partial charge in [-0.2, -0.15) is 0 Å². The summed E-state index contributed by atoms with van der Waals surface area (Å²) in [5.41, 5.74) is -0.583. The van der Waals surface area contributed by atoms with Crippen LogP contribution in [-0.4, -0.2) is 32.4 Å². The molecule has 2 N–H and O–H groups in total. The Hall–Kier alpha value is -2.85. The van der Waals surface area contributed by atoms with Gasteiger partial charge in [-0.25, -0.2) is 26.7 Å². The fourth-order valence-electron chi connectivity index (χ4n) is 2.44. The Bertz CT molecular complexity index is 1080. The van der Waals surface area contributed by atoms with Crippen LogP contribution in [-0.2, 0) is 19.6 Å². The van der Waals surface area contributed by atoms with Gasteiger partial charge < -0.3 is 10.1 Å². The van der Waals surface area contributed by atoms with Crippen LogP contribution in [0.25, 0.3) is 0 Å². The smallest absolute Gasteiger partial charge is 0.338 e. The van der Waals surface area contributed by atoms with Crippen molar-refractivity contribution in [2.75, 3.05) is 11.9 Å². The van der Waals surface area contributed by atoms with Crippen LogP contribution in [0.3, 0.4) is 0 Å². The van der Waals surface area contributed by atoms with E-state index in [2.05, 4.69) is 10.0 Å². The third-order valence-electron chi connectivity index (χ3n) is 3.72. The standard InChI is InChI=1S/C20H22F2N2O5S/c1-12-5-7-14(30(27,28)24-20(2,3)4)10-15(12)19(26)29-11-18(25)23-17-8-6-13(21)9-16(17)22/h5-10,24H,11H2,1-4H3,(H,23,25). The van der Waals surface area contributed by atoms with Crippen molar-refractivity contribution in [1.29, 1.82) is 0 Å². The number of sulfonamides is 1. The summed E-state index contributed by atoms with van der Waals surface area (Å²) in [7, 11) is -3.88. The van der Waals surface area contributed by atoms with Gasteiger partial charge in [-0.1, -0.05) is 6.07 Å². The molecule has 0 atom stereocenters. The average molecular weight is 440 g/mol. The van der Waals surface area contributed by atoms with Gasteiger partial charge in [0, 0.05) is 11.6 Å². The number of halogens is 2. The summed E-state index contributed by atoms with van der Waals surface area (Å²) in [5, 5.41) is 2.16. The lowest BCUT2D eigenvalue weighted by molar-refractivity contribution is -0.119. The molecule has 0 saturated heterocycles. The number of hydrogen-bond acceptors (Lipinski definition) is 5. The van der Waals surface area contributed by atoms with E-state index in [-0.39, 0.29) is 16.1 Å². The Morgan fingerprint density at radius 2 is 1.73 bits per heavy atom. The Morgan fingerprint density at radius 3 is 2.33 bits per heavy atom. The van der Waals surface area contributed by atoms with Gasteiger partial charge in [0.05, 0.1) is 16.1 Å². The fraction of sp³-hybridized carbons (Fsp3) is 0.300. The molecule has 30 heavy (non-hydrogen) atoms. The van der Waals surface area contributed by atoms with Crippen molar-refractivity contribution >= 4 is 27.6 Å². The maximum absolute atomic E-state index is 13.6. The van der Waals surface area contributed by atoms with Gasteiger partial charge >= 0.3 is 5.97 Å². The zero-order valence-electron chi connectivity index (χ0n) is 16.9. The second-order valence-corrected chi connectivity index (χ2v) is 9.26. The second kappa shape index (κ2) is 8.88. The fourth-order valence-corrected chi connectivity index (χ4v) is 3.88. The normalized spacial score (nSPS) is 11.8. The first-order valence-corrected chi connectivity index (χ1v) is 10.3. The lowest BCUT2D eigenvalue weighted by Gasteiger charge is -2.20. The minimum Gasteiger partial charge on any atom is -0.452 e. The van der Waals surface area contributed by atoms with E-state index in [1.807, 2.05) is 0 Å². The monoisotopic (exact) mass is 440 g/mol. The molecule has 2 aromatic rings. The van der Waals surface area contributed by atoms with Crippen LogP contribution in [0.5, 0.6) is 0 Å². The summed E-state index contributed by atoms with van der Waals surface area (Å²) < 4.78 is 58.8. The number of nitrogens with one attached hydrogen (secondary N) is 2. The van der Waals surface area contributed by atoms with Crippen molar-refractivity contribution in [2.24, 2.45) is 0 Å². The molecule has 2 aromatic carbocycles. The van der Waals surface area contributed by atoms with E-state index >= 15 is 0 Å². The van der Waals surface area contributed by atoms with Gasteiger partial charge in [0.15, 0.2) is 6.61 Å². The molecule has 162 valence electrons. The van der Waals surface area contributed by atoms with Gasteiger partial charge in [-0.15, -0.1) is 0 Å². The van der Waals surface area contributed by atoms with Gasteiger partial charge in [-0.05, 0) is 57.5 Å². The summed E-state index contributed by atoms with van der Waals surface area (Å²) in [4.78, 5) is 24.1. The van der Waals surface area contributed by atoms with E-state index in [1.165, 1.54) is 12.1 Å². The van der Waals surface area contributed by atoms with E-state index in [0.29, 0.717) is 11.6 Å². The highest BCUT2D eigenvalue weighted by atomic mass is 32.2. The number of esters is 1. The van der Waals surface area contributed by atoms with E-state index in [1.54, 1.807) is 27.7 Å². The minimum absolute atomic E-state index is 0.0347. The molecule has 0 spiro atoms. The number of aryl methyl sites for hydroxylation is 1. The van der Waals surface area contributed by atoms with E-state index in [4.69, 9.17) is 4.74 Å². The lowest BCUT2D eigenvalue weighted by Crippen LogP contribution is -2.40. The molecule has 0 unspecified atom stereocenters. The highest BCUT2D eigenvalue weighted by molar-refractivity contribution is 7.89. The Labute approximate surface area is 173 Å². The topological polar surface area (TPSA) is 102 Å². The number of rotatable bonds is 6. The van der Waals surface area contributed by atoms with Crippen LogP contribution in [0.2, 0.25) is 0 Å². The summed E-state index contributed by atoms with van der Waals surface area (Å²) in [6.07, 6.45) is 0. The molecule has 0 aromatic heterocycles. The molecule has 0 saturated carbocycles. The largest absolute Gasteiger partial charge is 0.452 e. The molecule has 10 heteroatoms. The first-order valence-electron chi connectivity index (χ1n) is 8.85. The number of carbonyl (C=O) groups is 2. The van der Waals surface area contributed by atoms with Gasteiger partial charge in [0.25, 0.3) is 5.91 Å². The predicted octanol–water partition coefficient (Wildman–Crippen LogP) is 3.15. The van der Waals surface area contributed by atoms with Crippen molar-refractivity contribution in [2.45, 2.75) is 38.1 Å². The van der Waals surface area contributed by atoms with E-state index < -0.39 is 45.7 Å². The summed E-state index contributed by atoms with van der Waals surface area (Å²) in [6.45, 7) is 5.87. The quantitative estimate of drug-likeness (QED) is 0.672. The lowest BCUT2D eigenvalue weighted by atomic mass is 10.1. The number of carbonyl (C=O) groups excluding carboxylic acids is 2. The molecule has 0 heterocycles. The van der Waals surface area contributed by atoms with Crippen molar-refractivity contribution in [3.63, 3.8) is 0 Å². The minimum atomic E-state index is -3.88. The van der Waals surface area contributed by atoms with Crippen LogP contribution in [0.1, 0.15) is 36.7 Å². The van der Waals surface area contributed by atoms with Gasteiger partial charge in [0.2, 0.25) is 10.0 Å². The van der Waals surface area contributed by atoms with E-state index in [0.717, 1.165) is 18.2 Å². The molecule has 0 fully saturated rings. The molecule has 0 bridgehead atoms. The number of hydrogen-bond donors (Lipinski definition) is 2. The Kier molecular flexibility index (Phi) is 6.94. The highest BCUT2D eigenvalue weighted by Gasteiger charge is 2.24. The van der Waals surface area contributed by atoms with Crippen LogP contribution in [0.15, 0.2) is 41.3 Å². The molecule has 7 nitrogen and oxygen atoms in total. The molecule has 0 aliphatic heterocycles. The molecule has 1 amide bonds. The van der Waals surface area contributed by atoms with Crippen molar-refractivity contribution in [1.82, 2.24) is 4.72 Å². The van der Waals surface area contributed by atoms with Crippen LogP contribution in [0, 0.1) is 18.6 Å². The first kappa shape index (κ1) is 23.4. The van der Waals surface area contributed by atoms with Gasteiger partial charge in [0.1, 0.15) is 11.6 Å². The highest BCUT2D eigenvalue weighted by Crippen LogP contribution is 2.19. The van der Waals surface area contributed by atoms with E-state index in [9.17, 15) is 26.8 Å². The average Bonchev–Trinajstić information content (AvgIpc) is 2.60. The first-order chi connectivity index (χ1) is 13.8. The molecule has 0 radical (unpaired) electrons. The van der Waals surface area contributed by atoms with Crippen LogP contribution < -0.4 is 10.0 Å². The van der Waals surface area contributed by atoms with Crippen molar-refractivity contribution < 1.29 is 31.5 Å². The van der Waals surface area contributed by atoms with Crippen LogP contribution in [0.4, 0.5) is 14.5 Å². The predicted molar refractivity (Wildman–Crippen MR) is 107 cm³/mol. The number of ether oxygens (including phenoxy) is 1. The zero-order chi connectivity index (χ0) is 22.7. The molecular weight excluding hydrogens is 418 g/mol. The Balaban J connectivity index is 2.10. The number of anilines is 1. The summed E-state index contributed by atoms with van der Waals surface area (Å²) >= 11 is 0. The molecule has 0 aliphatic carbocycles. The number of amides is 1. The molecular formula is C20H22F2N2O5S. The second-order valence-electron chi connectivity index (χ2n) is 7.58. The third-order valence-corrected chi connectivity index (χ3v) is 5.48.